The van der Waals surface area contributed by atoms with Crippen molar-refractivity contribution in [2.75, 3.05) is 13.1 Å². The van der Waals surface area contributed by atoms with Crippen LogP contribution in [0.25, 0.3) is 0 Å². The molecular formula is C13H28N2. The van der Waals surface area contributed by atoms with Crippen LogP contribution in [0.4, 0.5) is 0 Å². The van der Waals surface area contributed by atoms with Gasteiger partial charge in [-0.15, -0.1) is 0 Å². The number of rotatable bonds is 6. The Morgan fingerprint density at radius 3 is 2.40 bits per heavy atom. The van der Waals surface area contributed by atoms with Gasteiger partial charge in [0, 0.05) is 13.1 Å². The Morgan fingerprint density at radius 1 is 1.20 bits per heavy atom. The lowest BCUT2D eigenvalue weighted by Crippen LogP contribution is -2.52. The van der Waals surface area contributed by atoms with Crippen LogP contribution in [0.5, 0.6) is 0 Å². The minimum absolute atomic E-state index is 0.572. The average Bonchev–Trinajstić information content (AvgIpc) is 2.27. The second-order valence-electron chi connectivity index (χ2n) is 5.13. The van der Waals surface area contributed by atoms with Crippen molar-refractivity contribution in [1.82, 2.24) is 10.6 Å². The first kappa shape index (κ1) is 13.0. The molecule has 1 aliphatic rings. The molecule has 2 heteroatoms. The lowest BCUT2D eigenvalue weighted by atomic mass is 9.93. The summed E-state index contributed by atoms with van der Waals surface area (Å²) in [5.74, 6) is 1.69. The Morgan fingerprint density at radius 2 is 1.87 bits per heavy atom. The predicted octanol–water partition coefficient (Wildman–Crippen LogP) is 2.75. The van der Waals surface area contributed by atoms with E-state index in [1.165, 1.54) is 45.2 Å². The summed E-state index contributed by atoms with van der Waals surface area (Å²) in [5.41, 5.74) is 0. The first-order valence-electron chi connectivity index (χ1n) is 6.73. The highest BCUT2D eigenvalue weighted by Gasteiger charge is 2.19. The van der Waals surface area contributed by atoms with E-state index >= 15 is 0 Å². The zero-order valence-corrected chi connectivity index (χ0v) is 10.7. The fourth-order valence-electron chi connectivity index (χ4n) is 2.31. The summed E-state index contributed by atoms with van der Waals surface area (Å²) in [4.78, 5) is 0. The molecule has 0 aromatic carbocycles. The Kier molecular flexibility index (Phi) is 6.26. The zero-order chi connectivity index (χ0) is 11.1. The Hall–Kier alpha value is -0.0800. The van der Waals surface area contributed by atoms with E-state index in [1.54, 1.807) is 0 Å². The van der Waals surface area contributed by atoms with Gasteiger partial charge in [0.05, 0.1) is 6.17 Å². The molecule has 0 aromatic rings. The minimum Gasteiger partial charge on any atom is -0.302 e. The SMILES string of the molecule is CCCCC(CC)CC1NCC(C)CN1. The molecule has 1 heterocycles. The van der Waals surface area contributed by atoms with Crippen LogP contribution in [0.2, 0.25) is 0 Å². The highest BCUT2D eigenvalue weighted by atomic mass is 15.1. The highest BCUT2D eigenvalue weighted by molar-refractivity contribution is 4.77. The van der Waals surface area contributed by atoms with Crippen LogP contribution in [-0.2, 0) is 0 Å². The van der Waals surface area contributed by atoms with Crippen molar-refractivity contribution in [3.05, 3.63) is 0 Å². The topological polar surface area (TPSA) is 24.1 Å². The lowest BCUT2D eigenvalue weighted by Gasteiger charge is -2.31. The second-order valence-corrected chi connectivity index (χ2v) is 5.13. The van der Waals surface area contributed by atoms with Gasteiger partial charge in [0.15, 0.2) is 0 Å². The monoisotopic (exact) mass is 212 g/mol. The molecule has 0 radical (unpaired) electrons. The molecule has 2 nitrogen and oxygen atoms in total. The van der Waals surface area contributed by atoms with Crippen LogP contribution in [0.1, 0.15) is 52.9 Å². The van der Waals surface area contributed by atoms with E-state index in [0.29, 0.717) is 6.17 Å². The van der Waals surface area contributed by atoms with Crippen molar-refractivity contribution in [1.29, 1.82) is 0 Å². The Balaban J connectivity index is 2.19. The molecule has 0 bridgehead atoms. The average molecular weight is 212 g/mol. The molecule has 1 fully saturated rings. The first-order valence-corrected chi connectivity index (χ1v) is 6.73. The van der Waals surface area contributed by atoms with Gasteiger partial charge in [-0.05, 0) is 18.3 Å². The number of hydrogen-bond donors (Lipinski definition) is 2. The van der Waals surface area contributed by atoms with Crippen LogP contribution in [0.15, 0.2) is 0 Å². The first-order chi connectivity index (χ1) is 7.26. The number of unbranched alkanes of at least 4 members (excludes halogenated alkanes) is 1. The normalized spacial score (nSPS) is 29.0. The van der Waals surface area contributed by atoms with Crippen LogP contribution >= 0.6 is 0 Å². The molecule has 1 aliphatic heterocycles. The van der Waals surface area contributed by atoms with E-state index in [9.17, 15) is 0 Å². The van der Waals surface area contributed by atoms with E-state index in [4.69, 9.17) is 0 Å². The summed E-state index contributed by atoms with van der Waals surface area (Å²) >= 11 is 0. The quantitative estimate of drug-likeness (QED) is 0.707. The van der Waals surface area contributed by atoms with Crippen LogP contribution in [0, 0.1) is 11.8 Å². The molecule has 1 atom stereocenters. The fourth-order valence-corrected chi connectivity index (χ4v) is 2.31. The molecule has 0 amide bonds. The highest BCUT2D eigenvalue weighted by Crippen LogP contribution is 2.18. The van der Waals surface area contributed by atoms with Crippen LogP contribution in [-0.4, -0.2) is 19.3 Å². The van der Waals surface area contributed by atoms with E-state index < -0.39 is 0 Å². The second kappa shape index (κ2) is 7.24. The Labute approximate surface area is 95.2 Å². The van der Waals surface area contributed by atoms with Gasteiger partial charge in [0.2, 0.25) is 0 Å². The van der Waals surface area contributed by atoms with Crippen molar-refractivity contribution in [2.24, 2.45) is 11.8 Å². The van der Waals surface area contributed by atoms with Gasteiger partial charge >= 0.3 is 0 Å². The largest absolute Gasteiger partial charge is 0.302 e. The maximum Gasteiger partial charge on any atom is 0.0574 e. The van der Waals surface area contributed by atoms with Gasteiger partial charge in [-0.3, -0.25) is 0 Å². The third-order valence-electron chi connectivity index (χ3n) is 3.54. The molecular weight excluding hydrogens is 184 g/mol. The van der Waals surface area contributed by atoms with E-state index in [1.807, 2.05) is 0 Å². The van der Waals surface area contributed by atoms with E-state index in [2.05, 4.69) is 31.4 Å². The fraction of sp³-hybridized carbons (Fsp3) is 1.00. The summed E-state index contributed by atoms with van der Waals surface area (Å²) in [6.45, 7) is 9.27. The summed E-state index contributed by atoms with van der Waals surface area (Å²) in [5, 5.41) is 7.20. The van der Waals surface area contributed by atoms with Gasteiger partial charge in [0.25, 0.3) is 0 Å². The van der Waals surface area contributed by atoms with Crippen molar-refractivity contribution in [3.8, 4) is 0 Å². The molecule has 0 spiro atoms. The third-order valence-corrected chi connectivity index (χ3v) is 3.54. The molecule has 2 N–H and O–H groups in total. The number of hydrogen-bond acceptors (Lipinski definition) is 2. The number of nitrogens with one attached hydrogen (secondary N) is 2. The van der Waals surface area contributed by atoms with Crippen LogP contribution in [0.3, 0.4) is 0 Å². The predicted molar refractivity (Wildman–Crippen MR) is 66.9 cm³/mol. The summed E-state index contributed by atoms with van der Waals surface area (Å²) in [7, 11) is 0. The molecule has 0 aliphatic carbocycles. The molecule has 0 aromatic heterocycles. The van der Waals surface area contributed by atoms with Gasteiger partial charge in [-0.2, -0.15) is 0 Å². The molecule has 1 saturated heterocycles. The van der Waals surface area contributed by atoms with Gasteiger partial charge in [0.1, 0.15) is 0 Å². The summed E-state index contributed by atoms with van der Waals surface area (Å²) in [6, 6.07) is 0. The smallest absolute Gasteiger partial charge is 0.0574 e. The molecule has 90 valence electrons. The molecule has 1 rings (SSSR count). The molecule has 1 unspecified atom stereocenters. The third kappa shape index (κ3) is 4.98. The standard InChI is InChI=1S/C13H28N2/c1-4-6-7-12(5-2)8-13-14-9-11(3)10-15-13/h11-15H,4-10H2,1-3H3. The van der Waals surface area contributed by atoms with Crippen molar-refractivity contribution < 1.29 is 0 Å². The lowest BCUT2D eigenvalue weighted by molar-refractivity contribution is 0.253. The van der Waals surface area contributed by atoms with E-state index in [-0.39, 0.29) is 0 Å². The summed E-state index contributed by atoms with van der Waals surface area (Å²) < 4.78 is 0. The van der Waals surface area contributed by atoms with Crippen molar-refractivity contribution in [2.45, 2.75) is 59.0 Å². The van der Waals surface area contributed by atoms with E-state index in [0.717, 1.165) is 11.8 Å². The van der Waals surface area contributed by atoms with Gasteiger partial charge < -0.3 is 10.6 Å². The van der Waals surface area contributed by atoms with Gasteiger partial charge in [-0.25, -0.2) is 0 Å². The van der Waals surface area contributed by atoms with Gasteiger partial charge in [-0.1, -0.05) is 46.5 Å². The molecule has 0 saturated carbocycles. The van der Waals surface area contributed by atoms with Crippen molar-refractivity contribution in [3.63, 3.8) is 0 Å². The minimum atomic E-state index is 0.572. The Bertz CT molecular complexity index is 148. The van der Waals surface area contributed by atoms with Crippen molar-refractivity contribution >= 4 is 0 Å². The maximum atomic E-state index is 3.60. The maximum absolute atomic E-state index is 3.60. The molecule has 15 heavy (non-hydrogen) atoms. The summed E-state index contributed by atoms with van der Waals surface area (Å²) in [6.07, 6.45) is 7.34. The van der Waals surface area contributed by atoms with Crippen LogP contribution < -0.4 is 10.6 Å². The zero-order valence-electron chi connectivity index (χ0n) is 10.7.